The third-order valence-corrected chi connectivity index (χ3v) is 1.70. The average Bonchev–Trinajstić information content (AvgIpc) is 2.18. The van der Waals surface area contributed by atoms with Crippen LogP contribution in [-0.2, 0) is 0 Å². The Morgan fingerprint density at radius 3 is 2.73 bits per heavy atom. The second-order valence-electron chi connectivity index (χ2n) is 3.07. The lowest BCUT2D eigenvalue weighted by molar-refractivity contribution is 0.957. The molecule has 0 radical (unpaired) electrons. The molecule has 1 atom stereocenters. The van der Waals surface area contributed by atoms with Gasteiger partial charge >= 0.3 is 0 Å². The topological polar surface area (TPSA) is 62.4 Å². The Morgan fingerprint density at radius 2 is 2.13 bits per heavy atom. The lowest BCUT2D eigenvalue weighted by Crippen LogP contribution is -2.26. The van der Waals surface area contributed by atoms with Gasteiger partial charge in [-0.25, -0.2) is 0 Å². The first kappa shape index (κ1) is 11.6. The summed E-state index contributed by atoms with van der Waals surface area (Å²) in [5.41, 5.74) is 9.07. The van der Waals surface area contributed by atoms with Crippen molar-refractivity contribution in [1.82, 2.24) is 5.43 Å². The first-order valence-corrected chi connectivity index (χ1v) is 5.00. The molecule has 0 aliphatic rings. The standard InChI is InChI=1S/C10H14N4S/c1-8(11)7-12-14-10(15)13-9-5-3-2-4-6-9/h2-8H,11H2,1H3,(H2,13,14,15)/b12-7+. The van der Waals surface area contributed by atoms with Crippen LogP contribution < -0.4 is 16.5 Å². The molecule has 4 N–H and O–H groups in total. The summed E-state index contributed by atoms with van der Waals surface area (Å²) in [7, 11) is 0. The van der Waals surface area contributed by atoms with Crippen molar-refractivity contribution in [2.75, 3.05) is 5.32 Å². The molecule has 0 aromatic heterocycles. The number of para-hydroxylation sites is 1. The van der Waals surface area contributed by atoms with Crippen molar-refractivity contribution in [3.05, 3.63) is 30.3 Å². The summed E-state index contributed by atoms with van der Waals surface area (Å²) in [5, 5.41) is 7.29. The minimum absolute atomic E-state index is 0.0861. The summed E-state index contributed by atoms with van der Waals surface area (Å²) in [5.74, 6) is 0. The first-order valence-electron chi connectivity index (χ1n) is 4.59. The average molecular weight is 222 g/mol. The Balaban J connectivity index is 2.37. The molecule has 1 aromatic rings. The van der Waals surface area contributed by atoms with E-state index in [0.29, 0.717) is 5.11 Å². The first-order chi connectivity index (χ1) is 7.18. The van der Waals surface area contributed by atoms with Crippen LogP contribution in [0.4, 0.5) is 5.69 Å². The molecule has 0 amide bonds. The molecule has 0 saturated carbocycles. The van der Waals surface area contributed by atoms with Gasteiger partial charge in [0.25, 0.3) is 0 Å². The molecule has 1 unspecified atom stereocenters. The molecule has 1 rings (SSSR count). The molecular formula is C10H14N4S. The Hall–Kier alpha value is -1.46. The molecule has 0 fully saturated rings. The molecule has 15 heavy (non-hydrogen) atoms. The van der Waals surface area contributed by atoms with Gasteiger partial charge in [0, 0.05) is 17.9 Å². The summed E-state index contributed by atoms with van der Waals surface area (Å²) < 4.78 is 0. The second-order valence-corrected chi connectivity index (χ2v) is 3.48. The molecule has 0 aliphatic heterocycles. The van der Waals surface area contributed by atoms with Crippen LogP contribution in [0.1, 0.15) is 6.92 Å². The summed E-state index contributed by atoms with van der Waals surface area (Å²) in [6.45, 7) is 1.83. The quantitative estimate of drug-likeness (QED) is 0.410. The van der Waals surface area contributed by atoms with Gasteiger partial charge in [-0.1, -0.05) is 18.2 Å². The SMILES string of the molecule is CC(N)/C=N/NC(=S)Nc1ccccc1. The number of benzene rings is 1. The van der Waals surface area contributed by atoms with E-state index in [4.69, 9.17) is 18.0 Å². The van der Waals surface area contributed by atoms with Crippen LogP contribution in [0.5, 0.6) is 0 Å². The fourth-order valence-electron chi connectivity index (χ4n) is 0.894. The van der Waals surface area contributed by atoms with Gasteiger partial charge in [0.05, 0.1) is 0 Å². The van der Waals surface area contributed by atoms with E-state index in [2.05, 4.69) is 15.8 Å². The number of hydrogen-bond acceptors (Lipinski definition) is 3. The van der Waals surface area contributed by atoms with Crippen LogP contribution >= 0.6 is 12.2 Å². The number of thiocarbonyl (C=S) groups is 1. The molecule has 0 saturated heterocycles. The van der Waals surface area contributed by atoms with Gasteiger partial charge in [-0.2, -0.15) is 5.10 Å². The van der Waals surface area contributed by atoms with Gasteiger partial charge in [-0.15, -0.1) is 0 Å². The highest BCUT2D eigenvalue weighted by Gasteiger charge is 1.93. The number of anilines is 1. The lowest BCUT2D eigenvalue weighted by atomic mass is 10.3. The van der Waals surface area contributed by atoms with Crippen LogP contribution in [0.2, 0.25) is 0 Å². The molecule has 0 bridgehead atoms. The minimum atomic E-state index is -0.0861. The molecule has 0 aliphatic carbocycles. The van der Waals surface area contributed by atoms with Gasteiger partial charge in [-0.3, -0.25) is 5.43 Å². The highest BCUT2D eigenvalue weighted by Crippen LogP contribution is 2.03. The van der Waals surface area contributed by atoms with Crippen LogP contribution in [0.15, 0.2) is 35.4 Å². The minimum Gasteiger partial charge on any atom is -0.331 e. The van der Waals surface area contributed by atoms with Gasteiger partial charge in [-0.05, 0) is 31.3 Å². The van der Waals surface area contributed by atoms with Crippen molar-refractivity contribution in [2.24, 2.45) is 10.8 Å². The third kappa shape index (κ3) is 5.09. The summed E-state index contributed by atoms with van der Waals surface area (Å²) >= 11 is 5.01. The molecule has 5 heteroatoms. The van der Waals surface area contributed by atoms with Gasteiger partial charge in [0.2, 0.25) is 0 Å². The molecular weight excluding hydrogens is 208 g/mol. The van der Waals surface area contributed by atoms with Gasteiger partial charge < -0.3 is 11.1 Å². The Kier molecular flexibility index (Phi) is 4.73. The Labute approximate surface area is 94.6 Å². The number of rotatable bonds is 3. The largest absolute Gasteiger partial charge is 0.331 e. The number of nitrogens with one attached hydrogen (secondary N) is 2. The zero-order valence-electron chi connectivity index (χ0n) is 8.47. The number of nitrogens with two attached hydrogens (primary N) is 1. The van der Waals surface area contributed by atoms with E-state index in [0.717, 1.165) is 5.69 Å². The fraction of sp³-hybridized carbons (Fsp3) is 0.200. The number of nitrogens with zero attached hydrogens (tertiary/aromatic N) is 1. The normalized spacial score (nSPS) is 12.4. The van der Waals surface area contributed by atoms with E-state index < -0.39 is 0 Å². The molecule has 4 nitrogen and oxygen atoms in total. The third-order valence-electron chi connectivity index (χ3n) is 1.51. The maximum atomic E-state index is 5.48. The fourth-order valence-corrected chi connectivity index (χ4v) is 1.06. The lowest BCUT2D eigenvalue weighted by Gasteiger charge is -2.06. The highest BCUT2D eigenvalue weighted by atomic mass is 32.1. The van der Waals surface area contributed by atoms with Crippen LogP contribution in [0.3, 0.4) is 0 Å². The van der Waals surface area contributed by atoms with Crippen molar-refractivity contribution in [3.8, 4) is 0 Å². The molecule has 80 valence electrons. The van der Waals surface area contributed by atoms with E-state index in [1.165, 1.54) is 0 Å². The van der Waals surface area contributed by atoms with Crippen molar-refractivity contribution in [2.45, 2.75) is 13.0 Å². The van der Waals surface area contributed by atoms with Crippen LogP contribution in [-0.4, -0.2) is 17.4 Å². The monoisotopic (exact) mass is 222 g/mol. The van der Waals surface area contributed by atoms with Crippen molar-refractivity contribution < 1.29 is 0 Å². The highest BCUT2D eigenvalue weighted by molar-refractivity contribution is 7.80. The van der Waals surface area contributed by atoms with Crippen molar-refractivity contribution in [3.63, 3.8) is 0 Å². The van der Waals surface area contributed by atoms with Crippen LogP contribution in [0, 0.1) is 0 Å². The van der Waals surface area contributed by atoms with E-state index in [1.54, 1.807) is 6.21 Å². The smallest absolute Gasteiger partial charge is 0.191 e. The van der Waals surface area contributed by atoms with E-state index >= 15 is 0 Å². The zero-order valence-corrected chi connectivity index (χ0v) is 9.29. The molecule has 0 heterocycles. The predicted octanol–water partition coefficient (Wildman–Crippen LogP) is 1.31. The Bertz CT molecular complexity index is 335. The maximum absolute atomic E-state index is 5.48. The van der Waals surface area contributed by atoms with Gasteiger partial charge in [0.15, 0.2) is 5.11 Å². The van der Waals surface area contributed by atoms with E-state index in [9.17, 15) is 0 Å². The second kappa shape index (κ2) is 6.10. The number of hydrazone groups is 1. The van der Waals surface area contributed by atoms with E-state index in [-0.39, 0.29) is 6.04 Å². The van der Waals surface area contributed by atoms with Crippen LogP contribution in [0.25, 0.3) is 0 Å². The van der Waals surface area contributed by atoms with Crippen molar-refractivity contribution >= 4 is 29.2 Å². The maximum Gasteiger partial charge on any atom is 0.191 e. The summed E-state index contributed by atoms with van der Waals surface area (Å²) in [6, 6.07) is 9.55. The van der Waals surface area contributed by atoms with Gasteiger partial charge in [0.1, 0.15) is 0 Å². The number of hydrogen-bond donors (Lipinski definition) is 3. The van der Waals surface area contributed by atoms with Crippen molar-refractivity contribution in [1.29, 1.82) is 0 Å². The van der Waals surface area contributed by atoms with E-state index in [1.807, 2.05) is 37.3 Å². The summed E-state index contributed by atoms with van der Waals surface area (Å²) in [4.78, 5) is 0. The predicted molar refractivity (Wildman–Crippen MR) is 67.9 cm³/mol. The summed E-state index contributed by atoms with van der Waals surface area (Å²) in [6.07, 6.45) is 1.58. The Morgan fingerprint density at radius 1 is 1.47 bits per heavy atom. The molecule has 1 aromatic carbocycles. The molecule has 0 spiro atoms. The zero-order chi connectivity index (χ0) is 11.1.